The third-order valence-electron chi connectivity index (χ3n) is 9.22. The standard InChI is InChI=1S/C22H36N2O3S/c1-20(6-3-15(26)11-14(20)13-25)17-4-7-21(2)18(16(17)12-23)5-8-22(21,27)19-24-9-10-28-19/h9-10,14-18,25-27H,3-8,11-13,23H2,1-2H3. The van der Waals surface area contributed by atoms with Crippen molar-refractivity contribution in [2.75, 3.05) is 13.2 Å². The Hall–Kier alpha value is -0.530. The zero-order valence-electron chi connectivity index (χ0n) is 17.2. The highest BCUT2D eigenvalue weighted by atomic mass is 32.1. The molecule has 5 N–H and O–H groups in total. The largest absolute Gasteiger partial charge is 0.396 e. The van der Waals surface area contributed by atoms with Crippen LogP contribution >= 0.6 is 11.3 Å². The van der Waals surface area contributed by atoms with Gasteiger partial charge in [0.15, 0.2) is 0 Å². The van der Waals surface area contributed by atoms with Crippen LogP contribution in [-0.2, 0) is 5.60 Å². The van der Waals surface area contributed by atoms with Gasteiger partial charge in [0.25, 0.3) is 0 Å². The minimum absolute atomic E-state index is 0.00122. The maximum Gasteiger partial charge on any atom is 0.125 e. The molecule has 6 heteroatoms. The van der Waals surface area contributed by atoms with Gasteiger partial charge in [-0.15, -0.1) is 11.3 Å². The lowest BCUT2D eigenvalue weighted by molar-refractivity contribution is -0.144. The van der Waals surface area contributed by atoms with Crippen LogP contribution in [0.3, 0.4) is 0 Å². The summed E-state index contributed by atoms with van der Waals surface area (Å²) in [6.45, 7) is 5.32. The molecule has 0 spiro atoms. The van der Waals surface area contributed by atoms with E-state index in [4.69, 9.17) is 5.73 Å². The van der Waals surface area contributed by atoms with Crippen LogP contribution in [0.2, 0.25) is 0 Å². The Kier molecular flexibility index (Phi) is 5.41. The molecule has 8 unspecified atom stereocenters. The van der Waals surface area contributed by atoms with Gasteiger partial charge in [0.05, 0.1) is 6.10 Å². The van der Waals surface area contributed by atoms with Crippen molar-refractivity contribution >= 4 is 11.3 Å². The van der Waals surface area contributed by atoms with Gasteiger partial charge in [0.2, 0.25) is 0 Å². The molecule has 3 aliphatic carbocycles. The Bertz CT molecular complexity index is 685. The Balaban J connectivity index is 1.66. The van der Waals surface area contributed by atoms with E-state index in [0.717, 1.165) is 43.5 Å². The van der Waals surface area contributed by atoms with E-state index in [-0.39, 0.29) is 29.5 Å². The second kappa shape index (κ2) is 7.31. The SMILES string of the molecule is CC1(C2CCC3(C)C(CCC3(O)c3nccs3)C2CN)CCC(O)CC1CO. The lowest BCUT2D eigenvalue weighted by atomic mass is 9.48. The molecule has 3 fully saturated rings. The molecule has 3 aliphatic rings. The smallest absolute Gasteiger partial charge is 0.125 e. The minimum atomic E-state index is -0.857. The van der Waals surface area contributed by atoms with Gasteiger partial charge in [0.1, 0.15) is 10.6 Å². The molecule has 3 saturated carbocycles. The van der Waals surface area contributed by atoms with Gasteiger partial charge >= 0.3 is 0 Å². The summed E-state index contributed by atoms with van der Waals surface area (Å²) in [6, 6.07) is 0. The minimum Gasteiger partial charge on any atom is -0.396 e. The van der Waals surface area contributed by atoms with Crippen molar-refractivity contribution in [1.82, 2.24) is 4.98 Å². The van der Waals surface area contributed by atoms with Gasteiger partial charge in [-0.2, -0.15) is 0 Å². The zero-order valence-corrected chi connectivity index (χ0v) is 18.0. The molecule has 0 aromatic carbocycles. The van der Waals surface area contributed by atoms with Crippen molar-refractivity contribution in [2.24, 2.45) is 40.2 Å². The Labute approximate surface area is 172 Å². The van der Waals surface area contributed by atoms with Gasteiger partial charge in [-0.1, -0.05) is 13.8 Å². The van der Waals surface area contributed by atoms with Crippen LogP contribution in [0.1, 0.15) is 63.8 Å². The summed E-state index contributed by atoms with van der Waals surface area (Å²) < 4.78 is 0. The second-order valence-corrected chi connectivity index (χ2v) is 11.0. The molecule has 1 aromatic heterocycles. The molecular weight excluding hydrogens is 372 g/mol. The normalized spacial score (nSPS) is 49.1. The van der Waals surface area contributed by atoms with Gasteiger partial charge in [0, 0.05) is 23.6 Å². The highest BCUT2D eigenvalue weighted by Crippen LogP contribution is 2.67. The van der Waals surface area contributed by atoms with E-state index < -0.39 is 5.60 Å². The average molecular weight is 409 g/mol. The lowest BCUT2D eigenvalue weighted by Gasteiger charge is -2.58. The summed E-state index contributed by atoms with van der Waals surface area (Å²) in [7, 11) is 0. The van der Waals surface area contributed by atoms with Gasteiger partial charge < -0.3 is 21.1 Å². The number of aromatic nitrogens is 1. The number of nitrogens with two attached hydrogens (primary N) is 1. The quantitative estimate of drug-likeness (QED) is 0.614. The fourth-order valence-corrected chi connectivity index (χ4v) is 8.30. The third-order valence-corrected chi connectivity index (χ3v) is 10.1. The third kappa shape index (κ3) is 2.83. The molecule has 8 atom stereocenters. The van der Waals surface area contributed by atoms with Crippen LogP contribution in [0.15, 0.2) is 11.6 Å². The number of nitrogens with zero attached hydrogens (tertiary/aromatic N) is 1. The molecule has 28 heavy (non-hydrogen) atoms. The zero-order chi connectivity index (χ0) is 20.2. The number of hydrogen-bond acceptors (Lipinski definition) is 6. The molecule has 0 aliphatic heterocycles. The first-order chi connectivity index (χ1) is 13.3. The van der Waals surface area contributed by atoms with Crippen LogP contribution in [0.25, 0.3) is 0 Å². The van der Waals surface area contributed by atoms with Crippen molar-refractivity contribution in [3.8, 4) is 0 Å². The summed E-state index contributed by atoms with van der Waals surface area (Å²) in [4.78, 5) is 4.49. The van der Waals surface area contributed by atoms with E-state index in [1.807, 2.05) is 5.38 Å². The van der Waals surface area contributed by atoms with Gasteiger partial charge in [-0.25, -0.2) is 4.98 Å². The summed E-state index contributed by atoms with van der Waals surface area (Å²) >= 11 is 1.56. The topological polar surface area (TPSA) is 99.6 Å². The Morgan fingerprint density at radius 3 is 2.57 bits per heavy atom. The van der Waals surface area contributed by atoms with Crippen LogP contribution < -0.4 is 5.73 Å². The van der Waals surface area contributed by atoms with Crippen molar-refractivity contribution < 1.29 is 15.3 Å². The van der Waals surface area contributed by atoms with Crippen LogP contribution in [-0.4, -0.2) is 39.6 Å². The van der Waals surface area contributed by atoms with E-state index in [0.29, 0.717) is 30.7 Å². The fraction of sp³-hybridized carbons (Fsp3) is 0.864. The van der Waals surface area contributed by atoms with Gasteiger partial charge in [-0.3, -0.25) is 0 Å². The van der Waals surface area contributed by atoms with Crippen molar-refractivity contribution in [3.05, 3.63) is 16.6 Å². The van der Waals surface area contributed by atoms with Crippen molar-refractivity contribution in [3.63, 3.8) is 0 Å². The van der Waals surface area contributed by atoms with E-state index in [9.17, 15) is 15.3 Å². The molecular formula is C22H36N2O3S. The van der Waals surface area contributed by atoms with Crippen LogP contribution in [0, 0.1) is 34.5 Å². The molecule has 0 radical (unpaired) electrons. The Morgan fingerprint density at radius 1 is 1.18 bits per heavy atom. The number of aliphatic hydroxyl groups excluding tert-OH is 2. The molecule has 1 heterocycles. The highest BCUT2D eigenvalue weighted by molar-refractivity contribution is 7.09. The predicted octanol–water partition coefficient (Wildman–Crippen LogP) is 2.89. The number of aliphatic hydroxyl groups is 3. The van der Waals surface area contributed by atoms with E-state index in [1.54, 1.807) is 17.5 Å². The van der Waals surface area contributed by atoms with Crippen LogP contribution in [0.5, 0.6) is 0 Å². The van der Waals surface area contributed by atoms with E-state index in [1.165, 1.54) is 0 Å². The number of fused-ring (bicyclic) bond motifs is 1. The second-order valence-electron chi connectivity index (χ2n) is 10.1. The Morgan fingerprint density at radius 2 is 1.93 bits per heavy atom. The number of hydrogen-bond donors (Lipinski definition) is 4. The summed E-state index contributed by atoms with van der Waals surface area (Å²) in [5, 5.41) is 34.8. The molecule has 0 saturated heterocycles. The molecule has 0 amide bonds. The molecule has 1 aromatic rings. The predicted molar refractivity (Wildman–Crippen MR) is 111 cm³/mol. The first kappa shape index (κ1) is 20.7. The first-order valence-corrected chi connectivity index (χ1v) is 11.8. The molecule has 158 valence electrons. The lowest BCUT2D eigenvalue weighted by Crippen LogP contribution is -2.55. The maximum atomic E-state index is 11.7. The van der Waals surface area contributed by atoms with E-state index in [2.05, 4.69) is 18.8 Å². The average Bonchev–Trinajstić information content (AvgIpc) is 3.31. The van der Waals surface area contributed by atoms with Crippen LogP contribution in [0.4, 0.5) is 0 Å². The first-order valence-electron chi connectivity index (χ1n) is 10.9. The fourth-order valence-electron chi connectivity index (χ4n) is 7.40. The highest BCUT2D eigenvalue weighted by Gasteiger charge is 2.64. The van der Waals surface area contributed by atoms with Gasteiger partial charge in [-0.05, 0) is 80.6 Å². The summed E-state index contributed by atoms with van der Waals surface area (Å²) in [5.41, 5.74) is 5.33. The summed E-state index contributed by atoms with van der Waals surface area (Å²) in [6.07, 6.45) is 7.66. The maximum absolute atomic E-state index is 11.7. The molecule has 0 bridgehead atoms. The number of thiazole rings is 1. The molecule has 4 rings (SSSR count). The monoisotopic (exact) mass is 408 g/mol. The van der Waals surface area contributed by atoms with Crippen molar-refractivity contribution in [2.45, 2.75) is 70.5 Å². The number of rotatable bonds is 4. The van der Waals surface area contributed by atoms with E-state index >= 15 is 0 Å². The summed E-state index contributed by atoms with van der Waals surface area (Å²) in [5.74, 6) is 1.26. The molecule has 5 nitrogen and oxygen atoms in total. The van der Waals surface area contributed by atoms with Crippen molar-refractivity contribution in [1.29, 1.82) is 0 Å².